The molecule has 1 aromatic carbocycles. The van der Waals surface area contributed by atoms with Gasteiger partial charge in [-0.2, -0.15) is 0 Å². The van der Waals surface area contributed by atoms with Crippen LogP contribution in [0.15, 0.2) is 23.0 Å². The van der Waals surface area contributed by atoms with Crippen LogP contribution in [-0.2, 0) is 11.8 Å². The maximum atomic E-state index is 12.9. The van der Waals surface area contributed by atoms with Gasteiger partial charge in [-0.05, 0) is 44.7 Å². The summed E-state index contributed by atoms with van der Waals surface area (Å²) in [5.41, 5.74) is 2.07. The first kappa shape index (κ1) is 17.1. The molecule has 0 saturated carbocycles. The molecule has 146 valence electrons. The molecule has 28 heavy (non-hydrogen) atoms. The Morgan fingerprint density at radius 2 is 2.14 bits per heavy atom. The number of benzene rings is 1. The van der Waals surface area contributed by atoms with Crippen molar-refractivity contribution in [3.8, 4) is 11.5 Å². The van der Waals surface area contributed by atoms with Gasteiger partial charge in [-0.25, -0.2) is 9.78 Å². The number of nitrogens with zero attached hydrogens (tertiary/aromatic N) is 2. The third kappa shape index (κ3) is 2.71. The lowest BCUT2D eigenvalue weighted by Gasteiger charge is -2.40. The maximum Gasteiger partial charge on any atom is 0.321 e. The average Bonchev–Trinajstić information content (AvgIpc) is 3.27. The summed E-state index contributed by atoms with van der Waals surface area (Å²) in [7, 11) is 0. The molecule has 1 unspecified atom stereocenters. The summed E-state index contributed by atoms with van der Waals surface area (Å²) in [4.78, 5) is 34.5. The fraction of sp³-hybridized carbons (Fsp3) is 0.450. The van der Waals surface area contributed by atoms with E-state index in [1.807, 2.05) is 4.90 Å². The molecule has 2 aliphatic heterocycles. The van der Waals surface area contributed by atoms with Crippen LogP contribution in [0.2, 0.25) is 0 Å². The molecule has 0 bridgehead atoms. The van der Waals surface area contributed by atoms with Crippen LogP contribution in [-0.4, -0.2) is 40.8 Å². The van der Waals surface area contributed by atoms with Crippen LogP contribution in [0.5, 0.6) is 11.5 Å². The fourth-order valence-electron chi connectivity index (χ4n) is 4.64. The van der Waals surface area contributed by atoms with Gasteiger partial charge in [-0.15, -0.1) is 0 Å². The molecule has 1 aliphatic carbocycles. The summed E-state index contributed by atoms with van der Waals surface area (Å²) in [6.45, 7) is 3.27. The number of hydrogen-bond donors (Lipinski definition) is 2. The summed E-state index contributed by atoms with van der Waals surface area (Å²) in [6, 6.07) is 5.23. The van der Waals surface area contributed by atoms with Crippen LogP contribution < -0.4 is 20.3 Å². The normalized spacial score (nSPS) is 22.4. The zero-order valence-electron chi connectivity index (χ0n) is 15.7. The zero-order valence-corrected chi connectivity index (χ0v) is 15.7. The number of urea groups is 1. The first-order valence-corrected chi connectivity index (χ1v) is 9.60. The van der Waals surface area contributed by atoms with Crippen LogP contribution in [0.3, 0.4) is 0 Å². The number of aromatic amines is 1. The third-order valence-corrected chi connectivity index (χ3v) is 5.98. The minimum Gasteiger partial charge on any atom is -0.454 e. The molecule has 1 saturated heterocycles. The largest absolute Gasteiger partial charge is 0.454 e. The molecule has 1 aromatic heterocycles. The molecule has 8 heteroatoms. The number of ether oxygens (including phenoxy) is 2. The summed E-state index contributed by atoms with van der Waals surface area (Å²) >= 11 is 0. The Morgan fingerprint density at radius 1 is 1.29 bits per heavy atom. The Labute approximate surface area is 161 Å². The van der Waals surface area contributed by atoms with E-state index in [2.05, 4.69) is 15.3 Å². The molecule has 2 aromatic rings. The minimum atomic E-state index is -0.223. The van der Waals surface area contributed by atoms with Gasteiger partial charge >= 0.3 is 6.03 Å². The molecule has 2 amide bonds. The Hall–Kier alpha value is -3.03. The van der Waals surface area contributed by atoms with E-state index in [1.54, 1.807) is 25.1 Å². The van der Waals surface area contributed by atoms with Crippen molar-refractivity contribution in [2.24, 2.45) is 0 Å². The van der Waals surface area contributed by atoms with Crippen LogP contribution in [0.25, 0.3) is 0 Å². The number of rotatable bonds is 1. The molecule has 3 aliphatic rings. The van der Waals surface area contributed by atoms with E-state index in [0.29, 0.717) is 36.1 Å². The Morgan fingerprint density at radius 3 is 3.04 bits per heavy atom. The van der Waals surface area contributed by atoms with Crippen molar-refractivity contribution in [2.75, 3.05) is 25.2 Å². The molecule has 3 heterocycles. The second-order valence-electron chi connectivity index (χ2n) is 7.78. The van der Waals surface area contributed by atoms with Crippen molar-refractivity contribution in [1.82, 2.24) is 14.9 Å². The SMILES string of the molecule is Cc1nc2c(c(=O)[nH]1)CCC21CCCN(C(=O)Nc2ccc3c(c2)OCO3)C1. The highest BCUT2D eigenvalue weighted by Crippen LogP contribution is 2.43. The van der Waals surface area contributed by atoms with Crippen molar-refractivity contribution in [3.63, 3.8) is 0 Å². The average molecular weight is 382 g/mol. The van der Waals surface area contributed by atoms with Crippen molar-refractivity contribution in [2.45, 2.75) is 38.0 Å². The monoisotopic (exact) mass is 382 g/mol. The van der Waals surface area contributed by atoms with E-state index in [1.165, 1.54) is 0 Å². The molecule has 1 atom stereocenters. The highest BCUT2D eigenvalue weighted by atomic mass is 16.7. The summed E-state index contributed by atoms with van der Waals surface area (Å²) in [6.07, 6.45) is 3.41. The van der Waals surface area contributed by atoms with Crippen molar-refractivity contribution in [3.05, 3.63) is 45.6 Å². The number of fused-ring (bicyclic) bond motifs is 3. The first-order valence-electron chi connectivity index (χ1n) is 9.60. The van der Waals surface area contributed by atoms with Gasteiger partial charge in [0.05, 0.1) is 5.69 Å². The number of amides is 2. The van der Waals surface area contributed by atoms with Crippen molar-refractivity contribution in [1.29, 1.82) is 0 Å². The molecular weight excluding hydrogens is 360 g/mol. The topological polar surface area (TPSA) is 96.6 Å². The number of carbonyl (C=O) groups excluding carboxylic acids is 1. The van der Waals surface area contributed by atoms with Gasteiger partial charge in [-0.3, -0.25) is 4.79 Å². The first-order chi connectivity index (χ1) is 13.5. The van der Waals surface area contributed by atoms with Crippen LogP contribution in [0.4, 0.5) is 10.5 Å². The minimum absolute atomic E-state index is 0.0405. The Balaban J connectivity index is 1.37. The van der Waals surface area contributed by atoms with Crippen molar-refractivity contribution < 1.29 is 14.3 Å². The number of aromatic nitrogens is 2. The molecule has 1 spiro atoms. The van der Waals surface area contributed by atoms with Crippen molar-refractivity contribution >= 4 is 11.7 Å². The Kier molecular flexibility index (Phi) is 3.82. The number of nitrogens with one attached hydrogen (secondary N) is 2. The zero-order chi connectivity index (χ0) is 19.3. The number of hydrogen-bond acceptors (Lipinski definition) is 5. The second-order valence-corrected chi connectivity index (χ2v) is 7.78. The molecular formula is C20H22N4O4. The van der Waals surface area contributed by atoms with Gasteiger partial charge in [-0.1, -0.05) is 0 Å². The van der Waals surface area contributed by atoms with Gasteiger partial charge in [0.2, 0.25) is 6.79 Å². The quantitative estimate of drug-likeness (QED) is 0.789. The number of piperidine rings is 1. The molecule has 8 nitrogen and oxygen atoms in total. The summed E-state index contributed by atoms with van der Waals surface area (Å²) < 4.78 is 10.7. The molecule has 0 radical (unpaired) electrons. The van der Waals surface area contributed by atoms with Crippen LogP contribution >= 0.6 is 0 Å². The number of H-pyrrole nitrogens is 1. The van der Waals surface area contributed by atoms with E-state index < -0.39 is 0 Å². The predicted octanol–water partition coefficient (Wildman–Crippen LogP) is 2.32. The third-order valence-electron chi connectivity index (χ3n) is 5.98. The van der Waals surface area contributed by atoms with E-state index in [9.17, 15) is 9.59 Å². The van der Waals surface area contributed by atoms with Crippen LogP contribution in [0, 0.1) is 6.92 Å². The van der Waals surface area contributed by atoms with Gasteiger partial charge < -0.3 is 24.7 Å². The summed E-state index contributed by atoms with van der Waals surface area (Å²) in [5.74, 6) is 1.95. The second kappa shape index (κ2) is 6.25. The molecule has 5 rings (SSSR count). The Bertz CT molecular complexity index is 1020. The highest BCUT2D eigenvalue weighted by molar-refractivity contribution is 5.90. The smallest absolute Gasteiger partial charge is 0.321 e. The lowest BCUT2D eigenvalue weighted by atomic mass is 9.77. The summed E-state index contributed by atoms with van der Waals surface area (Å²) in [5, 5.41) is 2.96. The maximum absolute atomic E-state index is 12.9. The van der Waals surface area contributed by atoms with E-state index in [-0.39, 0.29) is 23.8 Å². The highest BCUT2D eigenvalue weighted by Gasteiger charge is 2.45. The lowest BCUT2D eigenvalue weighted by Crippen LogP contribution is -2.49. The molecule has 1 fully saturated rings. The number of likely N-dealkylation sites (tertiary alicyclic amines) is 1. The fourth-order valence-corrected chi connectivity index (χ4v) is 4.64. The number of carbonyl (C=O) groups is 1. The van der Waals surface area contributed by atoms with Gasteiger partial charge in [0.25, 0.3) is 5.56 Å². The number of anilines is 1. The molecule has 2 N–H and O–H groups in total. The van der Waals surface area contributed by atoms with E-state index in [4.69, 9.17) is 9.47 Å². The van der Waals surface area contributed by atoms with E-state index in [0.717, 1.165) is 36.9 Å². The standard InChI is InChI=1S/C20H22N4O4/c1-12-21-17-14(18(25)22-12)5-7-20(17)6-2-8-24(10-20)19(26)23-13-3-4-15-16(9-13)28-11-27-15/h3-4,9H,2,5-8,10-11H2,1H3,(H,23,26)(H,21,22,25). The van der Waals surface area contributed by atoms with Crippen LogP contribution in [0.1, 0.15) is 36.3 Å². The lowest BCUT2D eigenvalue weighted by molar-refractivity contribution is 0.157. The predicted molar refractivity (Wildman–Crippen MR) is 102 cm³/mol. The van der Waals surface area contributed by atoms with Gasteiger partial charge in [0, 0.05) is 35.8 Å². The van der Waals surface area contributed by atoms with E-state index >= 15 is 0 Å². The number of aryl methyl sites for hydroxylation is 1. The van der Waals surface area contributed by atoms with Gasteiger partial charge in [0.1, 0.15) is 5.82 Å². The van der Waals surface area contributed by atoms with Gasteiger partial charge in [0.15, 0.2) is 11.5 Å².